The van der Waals surface area contributed by atoms with E-state index < -0.39 is 0 Å². The third-order valence-corrected chi connectivity index (χ3v) is 0. The zero-order chi connectivity index (χ0) is 0. The minimum atomic E-state index is 0. The van der Waals surface area contributed by atoms with Gasteiger partial charge in [0.25, 0.3) is 0 Å². The third-order valence-electron chi connectivity index (χ3n) is 0. The summed E-state index contributed by atoms with van der Waals surface area (Å²) in [6.45, 7) is 0. The molecule has 0 aliphatic carbocycles. The molecule has 0 spiro atoms. The van der Waals surface area contributed by atoms with Gasteiger partial charge in [0.05, 0.1) is 0 Å². The number of hydrogen-bond acceptors (Lipinski definition) is 0. The van der Waals surface area contributed by atoms with Crippen LogP contribution in [0.25, 0.3) is 0 Å². The average molecular weight is 417 g/mol. The van der Waals surface area contributed by atoms with Crippen LogP contribution in [-0.2, 0) is 39.4 Å². The van der Waals surface area contributed by atoms with Gasteiger partial charge < -0.3 is 0 Å². The van der Waals surface area contributed by atoms with Gasteiger partial charge in [-0.3, -0.25) is 0 Å². The topological polar surface area (TPSA) is 0 Å². The van der Waals surface area contributed by atoms with Gasteiger partial charge in [-0.05, 0) is 0 Å². The molecule has 0 heterocycles. The van der Waals surface area contributed by atoms with Crippen molar-refractivity contribution in [2.45, 2.75) is 0 Å². The summed E-state index contributed by atoms with van der Waals surface area (Å²) in [5.74, 6) is 0. The SMILES string of the molecule is [Ag].[Cu].[SbH3].[SnH2]. The first-order chi connectivity index (χ1) is 0. The van der Waals surface area contributed by atoms with Crippen LogP contribution in [0, 0.1) is 0 Å². The summed E-state index contributed by atoms with van der Waals surface area (Å²) < 4.78 is 0. The van der Waals surface area contributed by atoms with Gasteiger partial charge in [0, 0.05) is 39.4 Å². The van der Waals surface area contributed by atoms with Crippen LogP contribution in [0.2, 0.25) is 0 Å². The summed E-state index contributed by atoms with van der Waals surface area (Å²) in [4.78, 5) is 0. The van der Waals surface area contributed by atoms with Gasteiger partial charge in [-0.15, -0.1) is 0 Å². The second-order valence-corrected chi connectivity index (χ2v) is 0. The van der Waals surface area contributed by atoms with Crippen LogP contribution in [0.1, 0.15) is 0 Å². The Morgan fingerprint density at radius 2 is 1.00 bits per heavy atom. The summed E-state index contributed by atoms with van der Waals surface area (Å²) in [7, 11) is 0. The first kappa shape index (κ1) is 28.7. The molecule has 0 nitrogen and oxygen atoms in total. The molecule has 0 rings (SSSR count). The van der Waals surface area contributed by atoms with Crippen molar-refractivity contribution in [1.82, 2.24) is 0 Å². The van der Waals surface area contributed by atoms with E-state index in [1.165, 1.54) is 0 Å². The standard InChI is InChI=1S/Ag.Cu.Sb.Sn.5H. The van der Waals surface area contributed by atoms with E-state index in [1.807, 2.05) is 0 Å². The van der Waals surface area contributed by atoms with Crippen LogP contribution < -0.4 is 0 Å². The van der Waals surface area contributed by atoms with Crippen LogP contribution in [0.4, 0.5) is 0 Å². The molecule has 0 atom stereocenters. The first-order valence-electron chi connectivity index (χ1n) is 0. The van der Waals surface area contributed by atoms with E-state index in [2.05, 4.69) is 0 Å². The van der Waals surface area contributed by atoms with Crippen LogP contribution in [0.5, 0.6) is 0 Å². The Balaban J connectivity index is 0. The molecule has 0 fully saturated rings. The molecule has 0 aliphatic heterocycles. The Kier molecular flexibility index (Phi) is 121. The van der Waals surface area contributed by atoms with Gasteiger partial charge in [-0.1, -0.05) is 0 Å². The van der Waals surface area contributed by atoms with Gasteiger partial charge in [0.15, 0.2) is 0 Å². The molecule has 0 unspecified atom stereocenters. The Hall–Kier alpha value is 2.88. The molecule has 0 amide bonds. The van der Waals surface area contributed by atoms with Crippen molar-refractivity contribution in [2.24, 2.45) is 0 Å². The van der Waals surface area contributed by atoms with E-state index in [1.54, 1.807) is 0 Å². The molecule has 4 heavy (non-hydrogen) atoms. The molecule has 0 aromatic rings. The van der Waals surface area contributed by atoms with Crippen molar-refractivity contribution in [3.63, 3.8) is 0 Å². The van der Waals surface area contributed by atoms with E-state index >= 15 is 0 Å². The van der Waals surface area contributed by atoms with Crippen LogP contribution in [-0.4, -0.2) is 48.3 Å². The predicted octanol–water partition coefficient (Wildman–Crippen LogP) is -2.11. The van der Waals surface area contributed by atoms with Crippen molar-refractivity contribution >= 4 is 48.3 Å². The van der Waals surface area contributed by atoms with Crippen molar-refractivity contribution in [2.75, 3.05) is 0 Å². The van der Waals surface area contributed by atoms with Crippen molar-refractivity contribution in [3.8, 4) is 0 Å². The summed E-state index contributed by atoms with van der Waals surface area (Å²) in [6.07, 6.45) is 0. The molecule has 0 aliphatic rings. The maximum atomic E-state index is 0. The van der Waals surface area contributed by atoms with Gasteiger partial charge in [0.1, 0.15) is 0 Å². The number of hydrogen-bond donors (Lipinski definition) is 0. The number of rotatable bonds is 0. The fourth-order valence-corrected chi connectivity index (χ4v) is 0. The fourth-order valence-electron chi connectivity index (χ4n) is 0. The zero-order valence-electron chi connectivity index (χ0n) is 2.02. The Bertz CT molecular complexity index is 8.00. The summed E-state index contributed by atoms with van der Waals surface area (Å²) in [6, 6.07) is 0. The molecule has 0 bridgehead atoms. The molecule has 0 aromatic carbocycles. The Labute approximate surface area is 86.2 Å². The Morgan fingerprint density at radius 1 is 1.00 bits per heavy atom. The molecule has 0 saturated carbocycles. The Morgan fingerprint density at radius 3 is 1.00 bits per heavy atom. The summed E-state index contributed by atoms with van der Waals surface area (Å²) >= 11 is 0. The van der Waals surface area contributed by atoms with Crippen molar-refractivity contribution < 1.29 is 39.4 Å². The summed E-state index contributed by atoms with van der Waals surface area (Å²) in [5.41, 5.74) is 0. The van der Waals surface area contributed by atoms with Crippen LogP contribution in [0.15, 0.2) is 0 Å². The van der Waals surface area contributed by atoms with Gasteiger partial charge >= 0.3 is 48.3 Å². The molecule has 0 saturated heterocycles. The van der Waals surface area contributed by atoms with E-state index in [4.69, 9.17) is 0 Å². The summed E-state index contributed by atoms with van der Waals surface area (Å²) in [5, 5.41) is 0. The monoisotopic (exact) mass is 416 g/mol. The van der Waals surface area contributed by atoms with Gasteiger partial charge in [-0.25, -0.2) is 0 Å². The molecule has 4 heteroatoms. The van der Waals surface area contributed by atoms with E-state index in [9.17, 15) is 0 Å². The fraction of sp³-hybridized carbons (Fsp3) is 0. The molecule has 0 aromatic heterocycles. The quantitative estimate of drug-likeness (QED) is 0.397. The average Bonchev–Trinajstić information content (AvgIpc) is 0. The van der Waals surface area contributed by atoms with Crippen molar-refractivity contribution in [1.29, 1.82) is 0 Å². The second-order valence-electron chi connectivity index (χ2n) is 0. The van der Waals surface area contributed by atoms with Crippen LogP contribution >= 0.6 is 0 Å². The molecule has 4 radical (unpaired) electrons. The van der Waals surface area contributed by atoms with E-state index in [0.29, 0.717) is 0 Å². The second kappa shape index (κ2) is 16.9. The normalized spacial score (nSPS) is 0. The third kappa shape index (κ3) is 8.86. The molecular weight excluding hydrogens is 412 g/mol. The first-order valence-corrected chi connectivity index (χ1v) is 0. The minimum absolute atomic E-state index is 0. The maximum absolute atomic E-state index is 0. The van der Waals surface area contributed by atoms with Crippen LogP contribution in [0.3, 0.4) is 0 Å². The molecular formula is H5AgCuSbSn. The van der Waals surface area contributed by atoms with Crippen molar-refractivity contribution in [3.05, 3.63) is 0 Å². The van der Waals surface area contributed by atoms with Gasteiger partial charge in [0.2, 0.25) is 0 Å². The predicted molar refractivity (Wildman–Crippen MR) is 18.5 cm³/mol. The van der Waals surface area contributed by atoms with Gasteiger partial charge in [-0.2, -0.15) is 0 Å². The zero-order valence-corrected chi connectivity index (χ0v) is 12.5. The molecule has 0 N–H and O–H groups in total. The van der Waals surface area contributed by atoms with E-state index in [0.717, 1.165) is 0 Å². The van der Waals surface area contributed by atoms with E-state index in [-0.39, 0.29) is 87.8 Å². The molecule has 36 valence electrons.